The Bertz CT molecular complexity index is 1440. The summed E-state index contributed by atoms with van der Waals surface area (Å²) in [6, 6.07) is 9.51. The normalized spacial score (nSPS) is 14.8. The Morgan fingerprint density at radius 1 is 1.11 bits per heavy atom. The van der Waals surface area contributed by atoms with E-state index in [9.17, 15) is 0 Å². The molecule has 0 saturated carbocycles. The van der Waals surface area contributed by atoms with Gasteiger partial charge in [0.15, 0.2) is 23.3 Å². The first kappa shape index (κ1) is 23.5. The molecule has 0 spiro atoms. The average molecular weight is 486 g/mol. The topological polar surface area (TPSA) is 107 Å². The predicted molar refractivity (Wildman–Crippen MR) is 134 cm³/mol. The van der Waals surface area contributed by atoms with Gasteiger partial charge in [-0.25, -0.2) is 15.0 Å². The smallest absolute Gasteiger partial charge is 0.212 e. The maximum absolute atomic E-state index is 6.25. The number of fused-ring (bicyclic) bond motifs is 2. The van der Waals surface area contributed by atoms with Gasteiger partial charge in [-0.2, -0.15) is 0 Å². The quantitative estimate of drug-likeness (QED) is 0.428. The monoisotopic (exact) mass is 485 g/mol. The average Bonchev–Trinajstić information content (AvgIpc) is 3.28. The molecule has 5 rings (SSSR count). The Hall–Kier alpha value is -4.29. The molecule has 1 aliphatic rings. The Labute approximate surface area is 209 Å². The number of methoxy groups -OCH3 is 2. The molecule has 1 aromatic carbocycles. The number of nitrogens with zero attached hydrogens (tertiary/aromatic N) is 4. The minimum absolute atomic E-state index is 0.306. The molecule has 9 nitrogen and oxygen atoms in total. The molecule has 0 bridgehead atoms. The van der Waals surface area contributed by atoms with Crippen molar-refractivity contribution in [3.63, 3.8) is 0 Å². The first-order valence-corrected chi connectivity index (χ1v) is 11.5. The molecule has 0 radical (unpaired) electrons. The number of hydrogen-bond donors (Lipinski definition) is 1. The molecule has 1 atom stereocenters. The van der Waals surface area contributed by atoms with Gasteiger partial charge in [0.25, 0.3) is 0 Å². The third-order valence-electron chi connectivity index (χ3n) is 5.63. The van der Waals surface area contributed by atoms with Crippen molar-refractivity contribution in [1.29, 1.82) is 0 Å². The van der Waals surface area contributed by atoms with E-state index in [-0.39, 0.29) is 6.10 Å². The number of benzene rings is 1. The fourth-order valence-corrected chi connectivity index (χ4v) is 3.87. The summed E-state index contributed by atoms with van der Waals surface area (Å²) >= 11 is 0. The van der Waals surface area contributed by atoms with E-state index in [0.717, 1.165) is 27.9 Å². The Morgan fingerprint density at radius 3 is 2.69 bits per heavy atom. The van der Waals surface area contributed by atoms with Gasteiger partial charge in [0, 0.05) is 29.6 Å². The molecule has 2 N–H and O–H groups in total. The summed E-state index contributed by atoms with van der Waals surface area (Å²) in [7, 11) is 3.19. The molecule has 0 unspecified atom stereocenters. The molecule has 3 aromatic heterocycles. The van der Waals surface area contributed by atoms with Gasteiger partial charge in [-0.05, 0) is 43.7 Å². The highest BCUT2D eigenvalue weighted by molar-refractivity contribution is 5.72. The van der Waals surface area contributed by atoms with Crippen molar-refractivity contribution in [1.82, 2.24) is 19.5 Å². The van der Waals surface area contributed by atoms with Crippen LogP contribution in [0.1, 0.15) is 36.6 Å². The van der Waals surface area contributed by atoms with Crippen molar-refractivity contribution < 1.29 is 18.9 Å². The molecule has 9 heteroatoms. The predicted octanol–water partition coefficient (Wildman–Crippen LogP) is 3.49. The van der Waals surface area contributed by atoms with Crippen molar-refractivity contribution in [2.45, 2.75) is 32.0 Å². The van der Waals surface area contributed by atoms with Crippen LogP contribution in [0, 0.1) is 11.8 Å². The van der Waals surface area contributed by atoms with Crippen molar-refractivity contribution in [2.75, 3.05) is 20.8 Å². The second-order valence-corrected chi connectivity index (χ2v) is 9.09. The molecular weight excluding hydrogens is 458 g/mol. The summed E-state index contributed by atoms with van der Waals surface area (Å²) < 4.78 is 25.1. The number of ether oxygens (including phenoxy) is 4. The zero-order valence-corrected chi connectivity index (χ0v) is 20.6. The highest BCUT2D eigenvalue weighted by Gasteiger charge is 2.27. The Morgan fingerprint density at radius 2 is 1.97 bits per heavy atom. The maximum Gasteiger partial charge on any atom is 0.212 e. The van der Waals surface area contributed by atoms with Crippen LogP contribution < -0.4 is 24.7 Å². The van der Waals surface area contributed by atoms with Crippen molar-refractivity contribution in [2.24, 2.45) is 5.73 Å². The molecular formula is C27H27N5O4. The molecule has 1 aliphatic heterocycles. The molecule has 4 aromatic rings. The molecule has 184 valence electrons. The molecule has 0 saturated heterocycles. The standard InChI is InChI=1S/C27H27N5O4/c1-27(2,28)8-7-17-9-20-26(30-12-17)32(16-31-20)14-18-10-21(33-3)25-22(11-18)35-15-23(36-25)19-5-6-24(34-4)29-13-19/h5-6,9-13,16,23H,14-15,28H2,1-4H3/t23-/m0/s1. The van der Waals surface area contributed by atoms with Gasteiger partial charge in [0.1, 0.15) is 12.1 Å². The van der Waals surface area contributed by atoms with E-state index in [4.69, 9.17) is 24.7 Å². The number of rotatable bonds is 5. The SMILES string of the molecule is COc1ccc([C@@H]2COc3cc(Cn4cnc5cc(C#CC(C)(C)N)cnc54)cc(OC)c3O2)cn1. The van der Waals surface area contributed by atoms with Gasteiger partial charge in [0.2, 0.25) is 11.6 Å². The van der Waals surface area contributed by atoms with Crippen molar-refractivity contribution in [3.05, 3.63) is 65.7 Å². The lowest BCUT2D eigenvalue weighted by Gasteiger charge is -2.28. The minimum Gasteiger partial charge on any atom is -0.493 e. The zero-order valence-electron chi connectivity index (χ0n) is 20.6. The Balaban J connectivity index is 1.38. The van der Waals surface area contributed by atoms with Crippen LogP contribution in [0.25, 0.3) is 11.2 Å². The highest BCUT2D eigenvalue weighted by atomic mass is 16.6. The highest BCUT2D eigenvalue weighted by Crippen LogP contribution is 2.44. The van der Waals surface area contributed by atoms with Gasteiger partial charge < -0.3 is 29.2 Å². The molecule has 4 heterocycles. The van der Waals surface area contributed by atoms with Crippen molar-refractivity contribution >= 4 is 11.2 Å². The van der Waals surface area contributed by atoms with E-state index in [1.54, 1.807) is 39.0 Å². The fourth-order valence-electron chi connectivity index (χ4n) is 3.87. The Kier molecular flexibility index (Phi) is 6.12. The van der Waals surface area contributed by atoms with Crippen LogP contribution in [0.3, 0.4) is 0 Å². The van der Waals surface area contributed by atoms with Gasteiger partial charge in [-0.3, -0.25) is 0 Å². The van der Waals surface area contributed by atoms with E-state index in [1.807, 2.05) is 42.7 Å². The number of nitrogens with two attached hydrogens (primary N) is 1. The van der Waals surface area contributed by atoms with Crippen molar-refractivity contribution in [3.8, 4) is 35.0 Å². The number of pyridine rings is 2. The fraction of sp³-hybridized carbons (Fsp3) is 0.296. The molecule has 0 aliphatic carbocycles. The molecule has 36 heavy (non-hydrogen) atoms. The van der Waals surface area contributed by atoms with Crippen LogP contribution in [0.15, 0.2) is 49.1 Å². The third-order valence-corrected chi connectivity index (χ3v) is 5.63. The molecule has 0 fully saturated rings. The van der Waals surface area contributed by atoms with Crippen LogP contribution in [0.4, 0.5) is 0 Å². The summed E-state index contributed by atoms with van der Waals surface area (Å²) in [6.45, 7) is 4.60. The van der Waals surface area contributed by atoms with Crippen LogP contribution in [0.2, 0.25) is 0 Å². The van der Waals surface area contributed by atoms with Crippen LogP contribution in [-0.2, 0) is 6.54 Å². The minimum atomic E-state index is -0.572. The van der Waals surface area contributed by atoms with Gasteiger partial charge in [-0.15, -0.1) is 0 Å². The summed E-state index contributed by atoms with van der Waals surface area (Å²) in [5, 5.41) is 0. The first-order valence-electron chi connectivity index (χ1n) is 11.5. The second kappa shape index (κ2) is 9.40. The summed E-state index contributed by atoms with van der Waals surface area (Å²) in [5.74, 6) is 8.40. The van der Waals surface area contributed by atoms with E-state index in [0.29, 0.717) is 36.3 Å². The van der Waals surface area contributed by atoms with Gasteiger partial charge >= 0.3 is 0 Å². The van der Waals surface area contributed by atoms with E-state index < -0.39 is 5.54 Å². The third kappa shape index (κ3) is 4.90. The zero-order chi connectivity index (χ0) is 25.3. The van der Waals surface area contributed by atoms with Gasteiger partial charge in [-0.1, -0.05) is 11.8 Å². The van der Waals surface area contributed by atoms with E-state index in [1.165, 1.54) is 0 Å². The lowest BCUT2D eigenvalue weighted by molar-refractivity contribution is 0.0867. The summed E-state index contributed by atoms with van der Waals surface area (Å²) in [5.41, 5.74) is 9.53. The molecule has 0 amide bonds. The van der Waals surface area contributed by atoms with Crippen LogP contribution in [0.5, 0.6) is 23.1 Å². The number of aromatic nitrogens is 4. The summed E-state index contributed by atoms with van der Waals surface area (Å²) in [6.07, 6.45) is 4.92. The van der Waals surface area contributed by atoms with E-state index >= 15 is 0 Å². The summed E-state index contributed by atoms with van der Waals surface area (Å²) in [4.78, 5) is 13.3. The van der Waals surface area contributed by atoms with Crippen LogP contribution in [-0.4, -0.2) is 45.9 Å². The van der Waals surface area contributed by atoms with Gasteiger partial charge in [0.05, 0.1) is 32.6 Å². The second-order valence-electron chi connectivity index (χ2n) is 9.09. The lowest BCUT2D eigenvalue weighted by Crippen LogP contribution is -2.29. The van der Waals surface area contributed by atoms with E-state index in [2.05, 4.69) is 26.8 Å². The maximum atomic E-state index is 6.25. The number of imidazole rings is 1. The first-order chi connectivity index (χ1) is 17.3. The lowest BCUT2D eigenvalue weighted by atomic mass is 10.1. The largest absolute Gasteiger partial charge is 0.493 e. The van der Waals surface area contributed by atoms with Crippen LogP contribution >= 0.6 is 0 Å². The number of hydrogen-bond acceptors (Lipinski definition) is 8.